The molecule has 0 unspecified atom stereocenters. The lowest BCUT2D eigenvalue weighted by atomic mass is 9.92. The predicted molar refractivity (Wildman–Crippen MR) is 105 cm³/mol. The molecule has 1 aromatic rings. The van der Waals surface area contributed by atoms with Crippen molar-refractivity contribution < 1.29 is 14.3 Å². The highest BCUT2D eigenvalue weighted by molar-refractivity contribution is 7.99. The van der Waals surface area contributed by atoms with E-state index in [1.54, 1.807) is 6.20 Å². The maximum absolute atomic E-state index is 12.4. The lowest BCUT2D eigenvalue weighted by molar-refractivity contribution is -0.130. The highest BCUT2D eigenvalue weighted by Crippen LogP contribution is 2.23. The minimum absolute atomic E-state index is 0.121. The zero-order valence-electron chi connectivity index (χ0n) is 15.8. The van der Waals surface area contributed by atoms with Gasteiger partial charge in [-0.25, -0.2) is 4.98 Å². The van der Waals surface area contributed by atoms with E-state index in [1.807, 2.05) is 23.1 Å². The van der Waals surface area contributed by atoms with Crippen LogP contribution in [0.5, 0.6) is 0 Å². The predicted octanol–water partition coefficient (Wildman–Crippen LogP) is 2.49. The summed E-state index contributed by atoms with van der Waals surface area (Å²) < 4.78 is 5.52. The normalized spacial score (nSPS) is 20.6. The van der Waals surface area contributed by atoms with Crippen molar-refractivity contribution in [3.8, 4) is 0 Å². The summed E-state index contributed by atoms with van der Waals surface area (Å²) in [5, 5.41) is 3.87. The van der Waals surface area contributed by atoms with Crippen LogP contribution >= 0.6 is 11.8 Å². The van der Waals surface area contributed by atoms with Gasteiger partial charge in [0.05, 0.1) is 16.9 Å². The summed E-state index contributed by atoms with van der Waals surface area (Å²) in [6.07, 6.45) is 7.53. The van der Waals surface area contributed by atoms with Gasteiger partial charge in [-0.3, -0.25) is 9.59 Å². The Labute approximate surface area is 165 Å². The fraction of sp³-hybridized carbons (Fsp3) is 0.650. The molecule has 148 valence electrons. The van der Waals surface area contributed by atoms with Crippen LogP contribution in [-0.2, 0) is 14.3 Å². The van der Waals surface area contributed by atoms with E-state index in [4.69, 9.17) is 4.74 Å². The summed E-state index contributed by atoms with van der Waals surface area (Å²) in [6, 6.07) is 5.73. The molecule has 3 rings (SSSR count). The molecule has 2 amide bonds. The molecule has 2 fully saturated rings. The van der Waals surface area contributed by atoms with E-state index < -0.39 is 0 Å². The number of nitrogens with zero attached hydrogens (tertiary/aromatic N) is 2. The molecule has 0 aromatic carbocycles. The third-order valence-corrected chi connectivity index (χ3v) is 6.21. The van der Waals surface area contributed by atoms with Crippen LogP contribution in [-0.4, -0.2) is 59.8 Å². The average Bonchev–Trinajstić information content (AvgIpc) is 3.24. The first-order valence-electron chi connectivity index (χ1n) is 9.90. The summed E-state index contributed by atoms with van der Waals surface area (Å²) in [7, 11) is 0. The maximum Gasteiger partial charge on any atom is 0.232 e. The molecule has 1 N–H and O–H groups in total. The van der Waals surface area contributed by atoms with Crippen LogP contribution in [0.4, 0.5) is 0 Å². The van der Waals surface area contributed by atoms with Gasteiger partial charge in [-0.1, -0.05) is 17.8 Å². The minimum Gasteiger partial charge on any atom is -0.376 e. The molecule has 2 saturated heterocycles. The van der Waals surface area contributed by atoms with Crippen LogP contribution < -0.4 is 5.32 Å². The van der Waals surface area contributed by atoms with E-state index in [0.29, 0.717) is 24.6 Å². The highest BCUT2D eigenvalue weighted by Gasteiger charge is 2.23. The fourth-order valence-electron chi connectivity index (χ4n) is 3.59. The van der Waals surface area contributed by atoms with Crippen LogP contribution in [0.3, 0.4) is 0 Å². The Morgan fingerprint density at radius 3 is 2.81 bits per heavy atom. The zero-order chi connectivity index (χ0) is 18.9. The van der Waals surface area contributed by atoms with Crippen molar-refractivity contribution in [3.63, 3.8) is 0 Å². The summed E-state index contributed by atoms with van der Waals surface area (Å²) in [5.74, 6) is 1.27. The van der Waals surface area contributed by atoms with Crippen molar-refractivity contribution in [2.24, 2.45) is 5.92 Å². The van der Waals surface area contributed by atoms with E-state index in [9.17, 15) is 9.59 Å². The molecule has 0 spiro atoms. The van der Waals surface area contributed by atoms with Gasteiger partial charge in [0.15, 0.2) is 0 Å². The molecule has 1 aromatic heterocycles. The topological polar surface area (TPSA) is 71.5 Å². The van der Waals surface area contributed by atoms with Gasteiger partial charge in [0.2, 0.25) is 11.8 Å². The maximum atomic E-state index is 12.4. The fourth-order valence-corrected chi connectivity index (χ4v) is 4.35. The van der Waals surface area contributed by atoms with Crippen LogP contribution in [0.15, 0.2) is 29.4 Å². The molecule has 2 aliphatic rings. The van der Waals surface area contributed by atoms with Gasteiger partial charge in [0.25, 0.3) is 0 Å². The number of carbonyl (C=O) groups excluding carboxylic acids is 2. The van der Waals surface area contributed by atoms with E-state index in [2.05, 4.69) is 10.3 Å². The number of likely N-dealkylation sites (tertiary alicyclic amines) is 1. The molecule has 0 radical (unpaired) electrons. The first kappa shape index (κ1) is 20.1. The quantitative estimate of drug-likeness (QED) is 0.690. The second-order valence-corrected chi connectivity index (χ2v) is 8.25. The van der Waals surface area contributed by atoms with Gasteiger partial charge in [-0.2, -0.15) is 0 Å². The number of aromatic nitrogens is 1. The molecular formula is C20H29N3O3S. The first-order chi connectivity index (χ1) is 13.2. The smallest absolute Gasteiger partial charge is 0.232 e. The van der Waals surface area contributed by atoms with Gasteiger partial charge in [0.1, 0.15) is 0 Å². The number of amides is 2. The Kier molecular flexibility index (Phi) is 7.95. The largest absolute Gasteiger partial charge is 0.376 e. The summed E-state index contributed by atoms with van der Waals surface area (Å²) in [4.78, 5) is 30.5. The second-order valence-electron chi connectivity index (χ2n) is 7.26. The number of piperidine rings is 1. The van der Waals surface area contributed by atoms with Crippen molar-refractivity contribution in [2.75, 3.05) is 32.0 Å². The van der Waals surface area contributed by atoms with Crippen LogP contribution in [0.25, 0.3) is 0 Å². The number of rotatable bonds is 8. The number of pyridine rings is 1. The standard InChI is InChI=1S/C20H29N3O3S/c24-18(22-14-17-4-3-13-26-17)7-6-16-8-11-23(12-9-16)20(25)15-27-19-5-1-2-10-21-19/h1-2,5,10,16-17H,3-4,6-9,11-15H2,(H,22,24)/t17-/m0/s1. The van der Waals surface area contributed by atoms with E-state index in [-0.39, 0.29) is 17.9 Å². The van der Waals surface area contributed by atoms with Gasteiger partial charge >= 0.3 is 0 Å². The van der Waals surface area contributed by atoms with Gasteiger partial charge in [-0.05, 0) is 50.2 Å². The van der Waals surface area contributed by atoms with E-state index in [1.165, 1.54) is 11.8 Å². The Morgan fingerprint density at radius 1 is 1.26 bits per heavy atom. The van der Waals surface area contributed by atoms with Gasteiger partial charge in [0, 0.05) is 38.9 Å². The Morgan fingerprint density at radius 2 is 2.11 bits per heavy atom. The first-order valence-corrected chi connectivity index (χ1v) is 10.9. The van der Waals surface area contributed by atoms with Crippen LogP contribution in [0.1, 0.15) is 38.5 Å². The zero-order valence-corrected chi connectivity index (χ0v) is 16.6. The highest BCUT2D eigenvalue weighted by atomic mass is 32.2. The molecule has 0 bridgehead atoms. The molecule has 0 saturated carbocycles. The van der Waals surface area contributed by atoms with E-state index in [0.717, 1.165) is 56.8 Å². The van der Waals surface area contributed by atoms with Crippen molar-refractivity contribution in [2.45, 2.75) is 49.7 Å². The van der Waals surface area contributed by atoms with Crippen LogP contribution in [0.2, 0.25) is 0 Å². The Balaban J connectivity index is 1.28. The monoisotopic (exact) mass is 391 g/mol. The minimum atomic E-state index is 0.121. The summed E-state index contributed by atoms with van der Waals surface area (Å²) in [6.45, 7) is 3.05. The van der Waals surface area contributed by atoms with Crippen LogP contribution in [0, 0.1) is 5.92 Å². The molecule has 27 heavy (non-hydrogen) atoms. The Bertz CT molecular complexity index is 600. The third-order valence-electron chi connectivity index (χ3n) is 5.28. The molecular weight excluding hydrogens is 362 g/mol. The molecule has 1 atom stereocenters. The third kappa shape index (κ3) is 6.81. The number of carbonyl (C=O) groups is 2. The lowest BCUT2D eigenvalue weighted by Crippen LogP contribution is -2.39. The molecule has 0 aliphatic carbocycles. The average molecular weight is 392 g/mol. The molecule has 3 heterocycles. The van der Waals surface area contributed by atoms with Crippen molar-refractivity contribution >= 4 is 23.6 Å². The number of nitrogens with one attached hydrogen (secondary N) is 1. The van der Waals surface area contributed by atoms with Crippen molar-refractivity contribution in [3.05, 3.63) is 24.4 Å². The number of hydrogen-bond acceptors (Lipinski definition) is 5. The van der Waals surface area contributed by atoms with Crippen molar-refractivity contribution in [1.82, 2.24) is 15.2 Å². The van der Waals surface area contributed by atoms with Crippen molar-refractivity contribution in [1.29, 1.82) is 0 Å². The SMILES string of the molecule is O=C(CCC1CCN(C(=O)CSc2ccccn2)CC1)NC[C@@H]1CCCO1. The Hall–Kier alpha value is -1.60. The second kappa shape index (κ2) is 10.7. The molecule has 2 aliphatic heterocycles. The summed E-state index contributed by atoms with van der Waals surface area (Å²) in [5.41, 5.74) is 0. The van der Waals surface area contributed by atoms with Gasteiger partial charge < -0.3 is 15.0 Å². The molecule has 7 heteroatoms. The van der Waals surface area contributed by atoms with E-state index >= 15 is 0 Å². The lowest BCUT2D eigenvalue weighted by Gasteiger charge is -2.32. The summed E-state index contributed by atoms with van der Waals surface area (Å²) >= 11 is 1.49. The molecule has 6 nitrogen and oxygen atoms in total. The number of hydrogen-bond donors (Lipinski definition) is 1. The van der Waals surface area contributed by atoms with Gasteiger partial charge in [-0.15, -0.1) is 0 Å². The number of ether oxygens (including phenoxy) is 1. The number of thioether (sulfide) groups is 1.